The zero-order valence-corrected chi connectivity index (χ0v) is 15.9. The third-order valence-electron chi connectivity index (χ3n) is 4.85. The minimum atomic E-state index is -0.342. The number of benzene rings is 2. The van der Waals surface area contributed by atoms with Crippen LogP contribution in [-0.4, -0.2) is 36.5 Å². The molecule has 2 aromatic carbocycles. The largest absolute Gasteiger partial charge is 0.495 e. The van der Waals surface area contributed by atoms with Crippen molar-refractivity contribution in [1.29, 1.82) is 0 Å². The maximum Gasteiger partial charge on any atom is 0.319 e. The first-order valence-electron chi connectivity index (χ1n) is 9.04. The first-order chi connectivity index (χ1) is 13.0. The van der Waals surface area contributed by atoms with Crippen molar-refractivity contribution in [2.75, 3.05) is 19.0 Å². The fourth-order valence-corrected chi connectivity index (χ4v) is 3.38. The number of carbonyl (C=O) groups is 2. The smallest absolute Gasteiger partial charge is 0.319 e. The molecule has 0 radical (unpaired) electrons. The number of urea groups is 1. The predicted molar refractivity (Wildman–Crippen MR) is 105 cm³/mol. The van der Waals surface area contributed by atoms with Gasteiger partial charge in [0.05, 0.1) is 24.9 Å². The van der Waals surface area contributed by atoms with E-state index in [1.54, 1.807) is 7.11 Å². The molecule has 3 rings (SSSR count). The number of hydrogen-bond donors (Lipinski definition) is 2. The second-order valence-electron chi connectivity index (χ2n) is 6.84. The molecule has 0 spiro atoms. The Balaban J connectivity index is 1.61. The molecule has 2 atom stereocenters. The van der Waals surface area contributed by atoms with E-state index in [2.05, 4.69) is 10.6 Å². The molecule has 2 unspecified atom stereocenters. The molecule has 0 aromatic heterocycles. The Bertz CT molecular complexity index is 823. The van der Waals surface area contributed by atoms with E-state index in [4.69, 9.17) is 4.74 Å². The summed E-state index contributed by atoms with van der Waals surface area (Å²) in [6, 6.07) is 14.9. The van der Waals surface area contributed by atoms with Gasteiger partial charge in [-0.2, -0.15) is 0 Å². The van der Waals surface area contributed by atoms with Gasteiger partial charge in [-0.15, -0.1) is 0 Å². The molecule has 6 nitrogen and oxygen atoms in total. The van der Waals surface area contributed by atoms with Crippen LogP contribution in [0.15, 0.2) is 48.5 Å². The molecule has 1 aliphatic heterocycles. The molecule has 1 heterocycles. The summed E-state index contributed by atoms with van der Waals surface area (Å²) in [7, 11) is 1.56. The minimum absolute atomic E-state index is 0.0228. The van der Waals surface area contributed by atoms with Crippen molar-refractivity contribution in [1.82, 2.24) is 10.2 Å². The number of nitrogens with zero attached hydrogens (tertiary/aromatic N) is 1. The summed E-state index contributed by atoms with van der Waals surface area (Å²) in [6.45, 7) is 4.45. The highest BCUT2D eigenvalue weighted by Gasteiger charge is 2.34. The van der Waals surface area contributed by atoms with Crippen molar-refractivity contribution in [3.63, 3.8) is 0 Å². The van der Waals surface area contributed by atoms with E-state index in [0.717, 1.165) is 11.1 Å². The first-order valence-corrected chi connectivity index (χ1v) is 9.04. The summed E-state index contributed by atoms with van der Waals surface area (Å²) in [4.78, 5) is 26.6. The van der Waals surface area contributed by atoms with Crippen LogP contribution in [0.4, 0.5) is 10.5 Å². The number of rotatable bonds is 5. The number of anilines is 1. The lowest BCUT2D eigenvalue weighted by atomic mass is 10.1. The van der Waals surface area contributed by atoms with E-state index in [-0.39, 0.29) is 24.0 Å². The quantitative estimate of drug-likeness (QED) is 0.850. The fraction of sp³-hybridized carbons (Fsp3) is 0.333. The normalized spacial score (nSPS) is 17.5. The van der Waals surface area contributed by atoms with Gasteiger partial charge in [-0.25, -0.2) is 4.79 Å². The highest BCUT2D eigenvalue weighted by Crippen LogP contribution is 2.27. The van der Waals surface area contributed by atoms with Crippen LogP contribution < -0.4 is 15.4 Å². The van der Waals surface area contributed by atoms with Gasteiger partial charge in [0.1, 0.15) is 5.75 Å². The van der Waals surface area contributed by atoms with Crippen molar-refractivity contribution >= 4 is 17.6 Å². The van der Waals surface area contributed by atoms with Gasteiger partial charge in [0, 0.05) is 13.0 Å². The van der Waals surface area contributed by atoms with Gasteiger partial charge < -0.3 is 20.3 Å². The zero-order chi connectivity index (χ0) is 19.4. The molecular formula is C21H25N3O3. The maximum atomic E-state index is 12.4. The Morgan fingerprint density at radius 1 is 1.22 bits per heavy atom. The lowest BCUT2D eigenvalue weighted by Gasteiger charge is -2.25. The van der Waals surface area contributed by atoms with Crippen LogP contribution in [0.25, 0.3) is 0 Å². The maximum absolute atomic E-state index is 12.4. The standard InChI is InChI=1S/C21H25N3O3/c1-14-9-10-19(27-3)18(11-14)23-21(26)22-17-12-20(25)24(13-17)15(2)16-7-5-4-6-8-16/h4-11,15,17H,12-13H2,1-3H3,(H2,22,23,26). The van der Waals surface area contributed by atoms with Gasteiger partial charge in [0.25, 0.3) is 0 Å². The molecule has 2 N–H and O–H groups in total. The van der Waals surface area contributed by atoms with Crippen LogP contribution in [0.2, 0.25) is 0 Å². The van der Waals surface area contributed by atoms with E-state index >= 15 is 0 Å². The number of amides is 3. The molecule has 27 heavy (non-hydrogen) atoms. The van der Waals surface area contributed by atoms with Gasteiger partial charge in [0.2, 0.25) is 5.91 Å². The van der Waals surface area contributed by atoms with E-state index < -0.39 is 0 Å². The molecule has 1 aliphatic rings. The van der Waals surface area contributed by atoms with Gasteiger partial charge in [-0.1, -0.05) is 36.4 Å². The molecule has 2 aromatic rings. The second-order valence-corrected chi connectivity index (χ2v) is 6.84. The van der Waals surface area contributed by atoms with Crippen LogP contribution >= 0.6 is 0 Å². The number of methoxy groups -OCH3 is 1. The lowest BCUT2D eigenvalue weighted by Crippen LogP contribution is -2.40. The number of ether oxygens (including phenoxy) is 1. The van der Waals surface area contributed by atoms with Crippen molar-refractivity contribution in [3.8, 4) is 5.75 Å². The number of nitrogens with one attached hydrogen (secondary N) is 2. The Kier molecular flexibility index (Phi) is 5.64. The first kappa shape index (κ1) is 18.8. The fourth-order valence-electron chi connectivity index (χ4n) is 3.38. The third-order valence-corrected chi connectivity index (χ3v) is 4.85. The van der Waals surface area contributed by atoms with Gasteiger partial charge in [0.15, 0.2) is 0 Å². The summed E-state index contributed by atoms with van der Waals surface area (Å²) >= 11 is 0. The Morgan fingerprint density at radius 3 is 2.67 bits per heavy atom. The van der Waals surface area contributed by atoms with Crippen molar-refractivity contribution in [3.05, 3.63) is 59.7 Å². The number of carbonyl (C=O) groups excluding carboxylic acids is 2. The predicted octanol–water partition coefficient (Wildman–Crippen LogP) is 3.49. The van der Waals surface area contributed by atoms with Crippen molar-refractivity contribution in [2.24, 2.45) is 0 Å². The van der Waals surface area contributed by atoms with Crippen molar-refractivity contribution in [2.45, 2.75) is 32.4 Å². The molecule has 0 aliphatic carbocycles. The average Bonchev–Trinajstić information content (AvgIpc) is 3.02. The van der Waals surface area contributed by atoms with E-state index in [1.807, 2.05) is 67.3 Å². The molecule has 0 saturated carbocycles. The Labute approximate surface area is 159 Å². The zero-order valence-electron chi connectivity index (χ0n) is 15.9. The minimum Gasteiger partial charge on any atom is -0.495 e. The van der Waals surface area contributed by atoms with E-state index in [0.29, 0.717) is 24.4 Å². The van der Waals surface area contributed by atoms with Crippen LogP contribution in [0, 0.1) is 6.92 Å². The number of hydrogen-bond acceptors (Lipinski definition) is 3. The molecular weight excluding hydrogens is 342 g/mol. The monoisotopic (exact) mass is 367 g/mol. The SMILES string of the molecule is COc1ccc(C)cc1NC(=O)NC1CC(=O)N(C(C)c2ccccc2)C1. The Morgan fingerprint density at radius 2 is 1.96 bits per heavy atom. The molecule has 142 valence electrons. The van der Waals surface area contributed by atoms with Crippen LogP contribution in [-0.2, 0) is 4.79 Å². The Hall–Kier alpha value is -3.02. The van der Waals surface area contributed by atoms with E-state index in [1.165, 1.54) is 0 Å². The molecule has 0 bridgehead atoms. The highest BCUT2D eigenvalue weighted by atomic mass is 16.5. The molecule has 1 fully saturated rings. The number of aryl methyl sites for hydroxylation is 1. The van der Waals surface area contributed by atoms with Crippen LogP contribution in [0.3, 0.4) is 0 Å². The van der Waals surface area contributed by atoms with Gasteiger partial charge in [-0.3, -0.25) is 4.79 Å². The lowest BCUT2D eigenvalue weighted by molar-refractivity contribution is -0.129. The summed E-state index contributed by atoms with van der Waals surface area (Å²) in [5.74, 6) is 0.641. The van der Waals surface area contributed by atoms with Crippen LogP contribution in [0.1, 0.15) is 30.5 Å². The summed E-state index contributed by atoms with van der Waals surface area (Å²) in [6.07, 6.45) is 0.301. The summed E-state index contributed by atoms with van der Waals surface area (Å²) in [5, 5.41) is 5.71. The van der Waals surface area contributed by atoms with Crippen LogP contribution in [0.5, 0.6) is 5.75 Å². The van der Waals surface area contributed by atoms with E-state index in [9.17, 15) is 9.59 Å². The third kappa shape index (κ3) is 4.39. The summed E-state index contributed by atoms with van der Waals surface area (Å²) < 4.78 is 5.28. The second kappa shape index (κ2) is 8.12. The topological polar surface area (TPSA) is 70.7 Å². The highest BCUT2D eigenvalue weighted by molar-refractivity contribution is 5.92. The number of likely N-dealkylation sites (tertiary alicyclic amines) is 1. The average molecular weight is 367 g/mol. The summed E-state index contributed by atoms with van der Waals surface area (Å²) in [5.41, 5.74) is 2.71. The van der Waals surface area contributed by atoms with Crippen molar-refractivity contribution < 1.29 is 14.3 Å². The molecule has 3 amide bonds. The van der Waals surface area contributed by atoms with Gasteiger partial charge in [-0.05, 0) is 37.1 Å². The molecule has 1 saturated heterocycles. The van der Waals surface area contributed by atoms with Gasteiger partial charge >= 0.3 is 6.03 Å². The molecule has 6 heteroatoms.